The first-order valence-electron chi connectivity index (χ1n) is 17.6. The average Bonchev–Trinajstić information content (AvgIpc) is 3.78. The minimum atomic E-state index is 0. The number of ether oxygens (including phenoxy) is 1. The van der Waals surface area contributed by atoms with Gasteiger partial charge in [-0.25, -0.2) is 4.98 Å². The number of hydrogen-bond acceptors (Lipinski definition) is 2. The molecule has 0 saturated carbocycles. The standard InChI is InChI=1S/C48H30N4O.Pt/c1-3-15-34(16-4-1)39-21-7-9-24-43(39)51-33-50(45-26-11-12-27-46(45)51)36-19-13-20-37(31-36)53-38-29-30-41-40-22-8-10-25-44(40)52(47(41)32-38)48-28-14-23-42(49-48)35-17-5-2-6-18-35;/h1-30H;/q-2;. The van der Waals surface area contributed by atoms with Crippen LogP contribution in [0, 0.1) is 18.5 Å². The third-order valence-corrected chi connectivity index (χ3v) is 9.60. The van der Waals surface area contributed by atoms with Gasteiger partial charge in [-0.1, -0.05) is 133 Å². The predicted octanol–water partition coefficient (Wildman–Crippen LogP) is 10.9. The maximum atomic E-state index is 6.53. The molecule has 0 aliphatic heterocycles. The zero-order valence-corrected chi connectivity index (χ0v) is 31.1. The summed E-state index contributed by atoms with van der Waals surface area (Å²) in [5.74, 6) is 1.98. The van der Waals surface area contributed by atoms with Crippen molar-refractivity contribution in [2.24, 2.45) is 0 Å². The number of benzene rings is 7. The summed E-state index contributed by atoms with van der Waals surface area (Å²) in [5.41, 5.74) is 10.1. The van der Waals surface area contributed by atoms with E-state index in [-0.39, 0.29) is 21.1 Å². The normalized spacial score (nSPS) is 11.2. The van der Waals surface area contributed by atoms with Crippen molar-refractivity contribution in [2.45, 2.75) is 0 Å². The molecule has 0 fully saturated rings. The molecular weight excluding hydrogens is 844 g/mol. The molecule has 7 aromatic carbocycles. The van der Waals surface area contributed by atoms with Crippen molar-refractivity contribution < 1.29 is 30.4 Å². The monoisotopic (exact) mass is 873 g/mol. The predicted molar refractivity (Wildman–Crippen MR) is 211 cm³/mol. The van der Waals surface area contributed by atoms with Crippen molar-refractivity contribution in [3.8, 4) is 51.1 Å². The molecule has 0 saturated heterocycles. The molecule has 0 N–H and O–H groups in total. The number of aromatic nitrogens is 4. The van der Waals surface area contributed by atoms with Gasteiger partial charge < -0.3 is 13.9 Å². The molecule has 10 aromatic rings. The third kappa shape index (κ3) is 5.89. The van der Waals surface area contributed by atoms with Gasteiger partial charge in [0.25, 0.3) is 6.33 Å². The van der Waals surface area contributed by atoms with E-state index in [2.05, 4.69) is 143 Å². The van der Waals surface area contributed by atoms with Crippen LogP contribution in [0.2, 0.25) is 0 Å². The Balaban J connectivity index is 0.00000384. The zero-order valence-electron chi connectivity index (χ0n) is 28.8. The van der Waals surface area contributed by atoms with E-state index in [1.54, 1.807) is 0 Å². The number of hydrogen-bond donors (Lipinski definition) is 0. The third-order valence-electron chi connectivity index (χ3n) is 9.60. The SMILES string of the molecule is [Pt].[c-]1c(Oc2[c-]c3c(cc2)c2ccccc2n3-c2cccc(-c3ccccc3)n2)cccc1-n1[c-][n+](-c2ccccc2-c2ccccc2)c2ccccc21. The molecule has 3 heterocycles. The van der Waals surface area contributed by atoms with E-state index in [0.717, 1.165) is 72.4 Å². The van der Waals surface area contributed by atoms with Gasteiger partial charge in [-0.15, -0.1) is 29.7 Å². The van der Waals surface area contributed by atoms with Gasteiger partial charge in [0.15, 0.2) is 0 Å². The zero-order chi connectivity index (χ0) is 35.1. The molecular formula is C48H30N4OPt-2. The van der Waals surface area contributed by atoms with Gasteiger partial charge in [-0.3, -0.25) is 4.57 Å². The second-order valence-electron chi connectivity index (χ2n) is 12.8. The van der Waals surface area contributed by atoms with Crippen molar-refractivity contribution in [1.29, 1.82) is 0 Å². The van der Waals surface area contributed by atoms with Crippen LogP contribution in [0.5, 0.6) is 11.5 Å². The quantitative estimate of drug-likeness (QED) is 0.118. The first kappa shape index (κ1) is 33.3. The van der Waals surface area contributed by atoms with E-state index in [1.807, 2.05) is 71.3 Å². The van der Waals surface area contributed by atoms with Crippen LogP contribution in [-0.2, 0) is 21.1 Å². The Bertz CT molecular complexity index is 2930. The summed E-state index contributed by atoms with van der Waals surface area (Å²) in [6, 6.07) is 69.1. The number of pyridine rings is 1. The first-order chi connectivity index (χ1) is 26.3. The molecule has 0 atom stereocenters. The summed E-state index contributed by atoms with van der Waals surface area (Å²) in [6.45, 7) is 0. The van der Waals surface area contributed by atoms with Crippen LogP contribution in [0.15, 0.2) is 182 Å². The van der Waals surface area contributed by atoms with Crippen LogP contribution in [0.25, 0.3) is 72.4 Å². The smallest absolute Gasteiger partial charge is 0.268 e. The van der Waals surface area contributed by atoms with Crippen LogP contribution in [0.4, 0.5) is 0 Å². The fourth-order valence-corrected chi connectivity index (χ4v) is 7.18. The Morgan fingerprint density at radius 1 is 0.519 bits per heavy atom. The molecule has 0 radical (unpaired) electrons. The van der Waals surface area contributed by atoms with Crippen LogP contribution in [-0.4, -0.2) is 14.1 Å². The van der Waals surface area contributed by atoms with Crippen molar-refractivity contribution in [3.63, 3.8) is 0 Å². The van der Waals surface area contributed by atoms with E-state index in [1.165, 1.54) is 0 Å². The fourth-order valence-electron chi connectivity index (χ4n) is 7.18. The van der Waals surface area contributed by atoms with Crippen molar-refractivity contribution in [3.05, 3.63) is 200 Å². The van der Waals surface area contributed by atoms with Gasteiger partial charge in [-0.05, 0) is 46.5 Å². The van der Waals surface area contributed by atoms with E-state index in [0.29, 0.717) is 11.5 Å². The van der Waals surface area contributed by atoms with Crippen LogP contribution in [0.3, 0.4) is 0 Å². The number of nitrogens with zero attached hydrogens (tertiary/aromatic N) is 4. The summed E-state index contributed by atoms with van der Waals surface area (Å²) in [7, 11) is 0. The fraction of sp³-hybridized carbons (Fsp3) is 0. The maximum Gasteiger partial charge on any atom is 0.268 e. The van der Waals surface area contributed by atoms with Gasteiger partial charge in [0.2, 0.25) is 0 Å². The number of fused-ring (bicyclic) bond motifs is 4. The van der Waals surface area contributed by atoms with Gasteiger partial charge >= 0.3 is 0 Å². The Morgan fingerprint density at radius 3 is 2.06 bits per heavy atom. The van der Waals surface area contributed by atoms with Gasteiger partial charge in [-0.2, -0.15) is 18.2 Å². The molecule has 0 bridgehead atoms. The molecule has 6 heteroatoms. The molecule has 54 heavy (non-hydrogen) atoms. The topological polar surface area (TPSA) is 35.9 Å². The molecule has 5 nitrogen and oxygen atoms in total. The van der Waals surface area contributed by atoms with Gasteiger partial charge in [0, 0.05) is 43.6 Å². The number of imidazole rings is 1. The summed E-state index contributed by atoms with van der Waals surface area (Å²) in [4.78, 5) is 5.10. The van der Waals surface area contributed by atoms with Gasteiger partial charge in [0.05, 0.1) is 22.4 Å². The second kappa shape index (κ2) is 14.1. The van der Waals surface area contributed by atoms with Crippen molar-refractivity contribution in [1.82, 2.24) is 14.1 Å². The molecule has 0 aliphatic carbocycles. The van der Waals surface area contributed by atoms with E-state index >= 15 is 0 Å². The maximum absolute atomic E-state index is 6.53. The average molecular weight is 874 g/mol. The van der Waals surface area contributed by atoms with Crippen LogP contribution >= 0.6 is 0 Å². The molecule has 0 amide bonds. The Kier molecular flexibility index (Phi) is 8.70. The minimum absolute atomic E-state index is 0. The summed E-state index contributed by atoms with van der Waals surface area (Å²) >= 11 is 0. The largest absolute Gasteiger partial charge is 0.510 e. The Hall–Kier alpha value is -6.55. The number of para-hydroxylation sites is 4. The molecule has 0 unspecified atom stereocenters. The molecule has 0 aliphatic rings. The van der Waals surface area contributed by atoms with Crippen molar-refractivity contribution >= 4 is 32.8 Å². The summed E-state index contributed by atoms with van der Waals surface area (Å²) in [5, 5.41) is 2.20. The summed E-state index contributed by atoms with van der Waals surface area (Å²) in [6.07, 6.45) is 3.63. The van der Waals surface area contributed by atoms with Gasteiger partial charge in [0.1, 0.15) is 5.82 Å². The minimum Gasteiger partial charge on any atom is -0.510 e. The Morgan fingerprint density at radius 2 is 1.20 bits per heavy atom. The van der Waals surface area contributed by atoms with Crippen LogP contribution in [0.1, 0.15) is 0 Å². The van der Waals surface area contributed by atoms with E-state index < -0.39 is 0 Å². The second-order valence-corrected chi connectivity index (χ2v) is 12.8. The van der Waals surface area contributed by atoms with E-state index in [9.17, 15) is 0 Å². The Labute approximate surface area is 327 Å². The molecule has 260 valence electrons. The number of rotatable bonds is 7. The van der Waals surface area contributed by atoms with Crippen molar-refractivity contribution in [2.75, 3.05) is 0 Å². The molecule has 0 spiro atoms. The van der Waals surface area contributed by atoms with E-state index in [4.69, 9.17) is 9.72 Å². The summed E-state index contributed by atoms with van der Waals surface area (Å²) < 4.78 is 12.9. The molecule has 3 aromatic heterocycles. The molecule has 10 rings (SSSR count). The van der Waals surface area contributed by atoms with Crippen LogP contribution < -0.4 is 9.30 Å². The first-order valence-corrected chi connectivity index (χ1v) is 17.6.